The summed E-state index contributed by atoms with van der Waals surface area (Å²) in [5.74, 6) is 0. The van der Waals surface area contributed by atoms with Gasteiger partial charge in [0, 0.05) is 0 Å². The molecule has 1 unspecified atom stereocenters. The van der Waals surface area contributed by atoms with E-state index < -0.39 is 12.5 Å². The molecule has 0 aliphatic heterocycles. The highest BCUT2D eigenvalue weighted by atomic mass is 19.3. The molecule has 2 N–H and O–H groups in total. The highest BCUT2D eigenvalue weighted by molar-refractivity contribution is 4.52. The molecule has 62 valence electrons. The van der Waals surface area contributed by atoms with E-state index in [2.05, 4.69) is 5.32 Å². The summed E-state index contributed by atoms with van der Waals surface area (Å²) >= 11 is 0. The summed E-state index contributed by atoms with van der Waals surface area (Å²) in [7, 11) is 0. The number of aliphatic hydroxyl groups is 1. The van der Waals surface area contributed by atoms with Crippen molar-refractivity contribution in [2.45, 2.75) is 25.9 Å². The molecule has 10 heavy (non-hydrogen) atoms. The third-order valence-corrected chi connectivity index (χ3v) is 1.04. The van der Waals surface area contributed by atoms with Crippen LogP contribution in [-0.2, 0) is 0 Å². The van der Waals surface area contributed by atoms with Crippen LogP contribution in [0.5, 0.6) is 0 Å². The lowest BCUT2D eigenvalue weighted by Gasteiger charge is -2.04. The summed E-state index contributed by atoms with van der Waals surface area (Å²) in [6.07, 6.45) is -2.19. The number of rotatable bonds is 5. The first-order valence-electron chi connectivity index (χ1n) is 3.30. The topological polar surface area (TPSA) is 32.3 Å². The van der Waals surface area contributed by atoms with Gasteiger partial charge in [0.1, 0.15) is 0 Å². The van der Waals surface area contributed by atoms with E-state index >= 15 is 0 Å². The molecule has 0 aromatic carbocycles. The predicted octanol–water partition coefficient (Wildman–Crippen LogP) is 0.612. The van der Waals surface area contributed by atoms with Crippen LogP contribution in [0.2, 0.25) is 0 Å². The molecule has 0 aliphatic carbocycles. The van der Waals surface area contributed by atoms with E-state index in [0.29, 0.717) is 13.0 Å². The van der Waals surface area contributed by atoms with Crippen LogP contribution >= 0.6 is 0 Å². The SMILES string of the molecule is CC(O)CCNCC(F)F. The molecule has 0 saturated carbocycles. The van der Waals surface area contributed by atoms with Crippen molar-refractivity contribution in [1.82, 2.24) is 5.32 Å². The highest BCUT2D eigenvalue weighted by Gasteiger charge is 2.00. The molecule has 4 heteroatoms. The van der Waals surface area contributed by atoms with E-state index in [1.54, 1.807) is 6.92 Å². The monoisotopic (exact) mass is 153 g/mol. The predicted molar refractivity (Wildman–Crippen MR) is 35.2 cm³/mol. The zero-order valence-corrected chi connectivity index (χ0v) is 5.98. The van der Waals surface area contributed by atoms with Crippen LogP contribution in [-0.4, -0.2) is 30.7 Å². The standard InChI is InChI=1S/C6H13F2NO/c1-5(10)2-3-9-4-6(7)8/h5-6,9-10H,2-4H2,1H3. The molecule has 0 spiro atoms. The Balaban J connectivity index is 2.91. The molecule has 0 aliphatic rings. The van der Waals surface area contributed by atoms with Gasteiger partial charge in [0.25, 0.3) is 6.43 Å². The van der Waals surface area contributed by atoms with Crippen LogP contribution in [0.15, 0.2) is 0 Å². The Labute approximate surface area is 59.2 Å². The summed E-state index contributed by atoms with van der Waals surface area (Å²) in [5.41, 5.74) is 0. The molecule has 0 aromatic heterocycles. The van der Waals surface area contributed by atoms with Gasteiger partial charge >= 0.3 is 0 Å². The molecule has 1 atom stereocenters. The van der Waals surface area contributed by atoms with Crippen molar-refractivity contribution in [3.8, 4) is 0 Å². The molecule has 0 saturated heterocycles. The summed E-state index contributed by atoms with van der Waals surface area (Å²) in [5, 5.41) is 11.2. The van der Waals surface area contributed by atoms with E-state index in [4.69, 9.17) is 5.11 Å². The number of nitrogens with one attached hydrogen (secondary N) is 1. The fourth-order valence-electron chi connectivity index (χ4n) is 0.522. The van der Waals surface area contributed by atoms with E-state index in [1.165, 1.54) is 0 Å². The van der Waals surface area contributed by atoms with Crippen molar-refractivity contribution in [1.29, 1.82) is 0 Å². The van der Waals surface area contributed by atoms with Gasteiger partial charge in [-0.05, 0) is 19.9 Å². The van der Waals surface area contributed by atoms with Crippen molar-refractivity contribution >= 4 is 0 Å². The normalized spacial score (nSPS) is 14.1. The van der Waals surface area contributed by atoms with Crippen molar-refractivity contribution < 1.29 is 13.9 Å². The smallest absolute Gasteiger partial charge is 0.250 e. The lowest BCUT2D eigenvalue weighted by molar-refractivity contribution is 0.140. The van der Waals surface area contributed by atoms with Crippen LogP contribution in [0.25, 0.3) is 0 Å². The summed E-state index contributed by atoms with van der Waals surface area (Å²) in [6, 6.07) is 0. The van der Waals surface area contributed by atoms with Crippen LogP contribution in [0.1, 0.15) is 13.3 Å². The molecule has 0 amide bonds. The van der Waals surface area contributed by atoms with Gasteiger partial charge < -0.3 is 10.4 Å². The Hall–Kier alpha value is -0.220. The van der Waals surface area contributed by atoms with E-state index in [1.807, 2.05) is 0 Å². The van der Waals surface area contributed by atoms with Gasteiger partial charge in [-0.25, -0.2) is 8.78 Å². The minimum Gasteiger partial charge on any atom is -0.393 e. The van der Waals surface area contributed by atoms with Crippen LogP contribution in [0.4, 0.5) is 8.78 Å². The van der Waals surface area contributed by atoms with Gasteiger partial charge in [0.05, 0.1) is 12.6 Å². The number of alkyl halides is 2. The fourth-order valence-corrected chi connectivity index (χ4v) is 0.522. The number of hydrogen-bond donors (Lipinski definition) is 2. The second-order valence-electron chi connectivity index (χ2n) is 2.23. The molecule has 0 rings (SSSR count). The quantitative estimate of drug-likeness (QED) is 0.567. The first-order chi connectivity index (χ1) is 4.63. The Kier molecular flexibility index (Phi) is 5.43. The molecule has 0 radical (unpaired) electrons. The lowest BCUT2D eigenvalue weighted by atomic mass is 10.3. The molecule has 0 heterocycles. The van der Waals surface area contributed by atoms with Gasteiger partial charge in [-0.2, -0.15) is 0 Å². The van der Waals surface area contributed by atoms with E-state index in [-0.39, 0.29) is 6.54 Å². The zero-order valence-electron chi connectivity index (χ0n) is 5.98. The number of aliphatic hydroxyl groups excluding tert-OH is 1. The van der Waals surface area contributed by atoms with Crippen molar-refractivity contribution in [3.63, 3.8) is 0 Å². The maximum absolute atomic E-state index is 11.4. The van der Waals surface area contributed by atoms with Gasteiger partial charge in [0.2, 0.25) is 0 Å². The average molecular weight is 153 g/mol. The Bertz CT molecular complexity index is 68.1. The number of halogens is 2. The maximum Gasteiger partial charge on any atom is 0.250 e. The first kappa shape index (κ1) is 9.78. The number of hydrogen-bond acceptors (Lipinski definition) is 2. The fraction of sp³-hybridized carbons (Fsp3) is 1.00. The van der Waals surface area contributed by atoms with Crippen LogP contribution in [0.3, 0.4) is 0 Å². The van der Waals surface area contributed by atoms with Gasteiger partial charge in [-0.1, -0.05) is 0 Å². The summed E-state index contributed by atoms with van der Waals surface area (Å²) in [4.78, 5) is 0. The highest BCUT2D eigenvalue weighted by Crippen LogP contribution is 1.89. The molecule has 2 nitrogen and oxygen atoms in total. The molecule has 0 bridgehead atoms. The van der Waals surface area contributed by atoms with Crippen molar-refractivity contribution in [2.24, 2.45) is 0 Å². The Morgan fingerprint density at radius 2 is 2.10 bits per heavy atom. The van der Waals surface area contributed by atoms with Gasteiger partial charge in [0.15, 0.2) is 0 Å². The second kappa shape index (κ2) is 5.56. The molecule has 0 fully saturated rings. The molecular weight excluding hydrogens is 140 g/mol. The Morgan fingerprint density at radius 3 is 2.50 bits per heavy atom. The van der Waals surface area contributed by atoms with Crippen molar-refractivity contribution in [3.05, 3.63) is 0 Å². The average Bonchev–Trinajstić information content (AvgIpc) is 1.79. The van der Waals surface area contributed by atoms with Crippen molar-refractivity contribution in [2.75, 3.05) is 13.1 Å². The lowest BCUT2D eigenvalue weighted by Crippen LogP contribution is -2.24. The van der Waals surface area contributed by atoms with Gasteiger partial charge in [-0.15, -0.1) is 0 Å². The molecule has 0 aromatic rings. The second-order valence-corrected chi connectivity index (χ2v) is 2.23. The molecular formula is C6H13F2NO. The summed E-state index contributed by atoms with van der Waals surface area (Å²) in [6.45, 7) is 1.79. The minimum absolute atomic E-state index is 0.285. The van der Waals surface area contributed by atoms with Crippen LogP contribution in [0, 0.1) is 0 Å². The Morgan fingerprint density at radius 1 is 1.50 bits per heavy atom. The maximum atomic E-state index is 11.4. The third-order valence-electron chi connectivity index (χ3n) is 1.04. The third kappa shape index (κ3) is 7.78. The van der Waals surface area contributed by atoms with Gasteiger partial charge in [-0.3, -0.25) is 0 Å². The van der Waals surface area contributed by atoms with E-state index in [9.17, 15) is 8.78 Å². The minimum atomic E-state index is -2.30. The largest absolute Gasteiger partial charge is 0.393 e. The zero-order chi connectivity index (χ0) is 7.98. The first-order valence-corrected chi connectivity index (χ1v) is 3.30. The van der Waals surface area contributed by atoms with E-state index in [0.717, 1.165) is 0 Å². The summed E-state index contributed by atoms with van der Waals surface area (Å²) < 4.78 is 22.9. The van der Waals surface area contributed by atoms with Crippen LogP contribution < -0.4 is 5.32 Å².